The summed E-state index contributed by atoms with van der Waals surface area (Å²) in [5, 5.41) is 0. The van der Waals surface area contributed by atoms with Gasteiger partial charge in [0.1, 0.15) is 0 Å². The Morgan fingerprint density at radius 3 is 2.50 bits per heavy atom. The molecule has 16 heavy (non-hydrogen) atoms. The highest BCUT2D eigenvalue weighted by Gasteiger charge is 2.34. The lowest BCUT2D eigenvalue weighted by molar-refractivity contribution is -0.148. The predicted molar refractivity (Wildman–Crippen MR) is 58.6 cm³/mol. The largest absolute Gasteiger partial charge is 0.466 e. The number of carbonyl (C=O) groups is 2. The van der Waals surface area contributed by atoms with E-state index in [0.717, 1.165) is 0 Å². The second-order valence-electron chi connectivity index (χ2n) is 3.83. The molecule has 0 radical (unpaired) electrons. The third-order valence-corrected chi connectivity index (χ3v) is 2.67. The van der Waals surface area contributed by atoms with Crippen LogP contribution in [0.15, 0.2) is 11.6 Å². The Hall–Kier alpha value is -1.32. The minimum absolute atomic E-state index is 0.0402. The van der Waals surface area contributed by atoms with Gasteiger partial charge in [-0.15, -0.1) is 0 Å². The van der Waals surface area contributed by atoms with Crippen molar-refractivity contribution in [2.75, 3.05) is 13.2 Å². The minimum Gasteiger partial charge on any atom is -0.466 e. The van der Waals surface area contributed by atoms with Gasteiger partial charge in [-0.25, -0.2) is 4.79 Å². The summed E-state index contributed by atoms with van der Waals surface area (Å²) in [5.74, 6) is -0.746. The average molecular weight is 226 g/mol. The monoisotopic (exact) mass is 226 g/mol. The van der Waals surface area contributed by atoms with Crippen LogP contribution in [0.4, 0.5) is 0 Å². The van der Waals surface area contributed by atoms with Crippen molar-refractivity contribution in [3.05, 3.63) is 11.6 Å². The van der Waals surface area contributed by atoms with Crippen LogP contribution in [0.5, 0.6) is 0 Å². The smallest absolute Gasteiger partial charge is 0.333 e. The molecular weight excluding hydrogens is 208 g/mol. The number of carbonyl (C=O) groups excluding carboxylic acids is 2. The predicted octanol–water partition coefficient (Wildman–Crippen LogP) is 1.70. The van der Waals surface area contributed by atoms with E-state index in [2.05, 4.69) is 0 Å². The zero-order valence-corrected chi connectivity index (χ0v) is 9.99. The van der Waals surface area contributed by atoms with Crippen molar-refractivity contribution in [2.45, 2.75) is 27.2 Å². The molecule has 0 heterocycles. The maximum Gasteiger partial charge on any atom is 0.333 e. The van der Waals surface area contributed by atoms with Crippen LogP contribution in [0.25, 0.3) is 0 Å². The Labute approximate surface area is 95.6 Å². The topological polar surface area (TPSA) is 52.6 Å². The van der Waals surface area contributed by atoms with Gasteiger partial charge in [0.2, 0.25) is 0 Å². The van der Waals surface area contributed by atoms with Crippen LogP contribution in [-0.4, -0.2) is 25.2 Å². The van der Waals surface area contributed by atoms with E-state index in [0.29, 0.717) is 25.2 Å². The van der Waals surface area contributed by atoms with Gasteiger partial charge in [0.05, 0.1) is 19.1 Å². The first-order valence-electron chi connectivity index (χ1n) is 5.64. The molecule has 0 amide bonds. The minimum atomic E-state index is -0.318. The van der Waals surface area contributed by atoms with Gasteiger partial charge in [-0.05, 0) is 26.2 Å². The molecular formula is C12H18O4. The van der Waals surface area contributed by atoms with E-state index >= 15 is 0 Å². The van der Waals surface area contributed by atoms with Crippen LogP contribution < -0.4 is 0 Å². The van der Waals surface area contributed by atoms with Gasteiger partial charge in [0.15, 0.2) is 0 Å². The molecule has 0 aromatic heterocycles. The molecule has 0 spiro atoms. The van der Waals surface area contributed by atoms with Crippen molar-refractivity contribution in [3.63, 3.8) is 0 Å². The summed E-state index contributed by atoms with van der Waals surface area (Å²) >= 11 is 0. The Morgan fingerprint density at radius 2 is 1.94 bits per heavy atom. The zero-order valence-electron chi connectivity index (χ0n) is 9.99. The highest BCUT2D eigenvalue weighted by molar-refractivity contribution is 5.91. The molecule has 1 rings (SSSR count). The maximum absolute atomic E-state index is 11.6. The molecule has 2 atom stereocenters. The van der Waals surface area contributed by atoms with Crippen molar-refractivity contribution >= 4 is 11.9 Å². The second kappa shape index (κ2) is 5.68. The molecule has 0 aliphatic heterocycles. The fraction of sp³-hybridized carbons (Fsp3) is 0.667. The molecule has 0 N–H and O–H groups in total. The maximum atomic E-state index is 11.6. The molecule has 90 valence electrons. The van der Waals surface area contributed by atoms with Crippen LogP contribution in [0.3, 0.4) is 0 Å². The normalized spacial score (nSPS) is 23.8. The Morgan fingerprint density at radius 1 is 1.31 bits per heavy atom. The van der Waals surface area contributed by atoms with Crippen LogP contribution in [0, 0.1) is 11.8 Å². The van der Waals surface area contributed by atoms with Gasteiger partial charge >= 0.3 is 11.9 Å². The first-order chi connectivity index (χ1) is 7.60. The number of esters is 2. The zero-order chi connectivity index (χ0) is 12.1. The molecule has 1 aliphatic carbocycles. The summed E-state index contributed by atoms with van der Waals surface area (Å²) in [6.07, 6.45) is 2.23. The lowest BCUT2D eigenvalue weighted by Crippen LogP contribution is -2.20. The van der Waals surface area contributed by atoms with Crippen LogP contribution in [-0.2, 0) is 19.1 Å². The van der Waals surface area contributed by atoms with E-state index in [1.54, 1.807) is 19.9 Å². The molecule has 2 unspecified atom stereocenters. The van der Waals surface area contributed by atoms with E-state index in [1.165, 1.54) is 0 Å². The van der Waals surface area contributed by atoms with Gasteiger partial charge in [-0.3, -0.25) is 4.79 Å². The molecule has 0 saturated carbocycles. The molecule has 0 aromatic carbocycles. The van der Waals surface area contributed by atoms with E-state index in [4.69, 9.17) is 9.47 Å². The molecule has 0 saturated heterocycles. The number of ether oxygens (including phenoxy) is 2. The molecule has 0 bridgehead atoms. The number of rotatable bonds is 4. The Kier molecular flexibility index (Phi) is 4.52. The van der Waals surface area contributed by atoms with Crippen LogP contribution in [0.2, 0.25) is 0 Å². The van der Waals surface area contributed by atoms with E-state index in [1.807, 2.05) is 6.92 Å². The van der Waals surface area contributed by atoms with Crippen molar-refractivity contribution in [3.8, 4) is 0 Å². The van der Waals surface area contributed by atoms with Gasteiger partial charge in [-0.1, -0.05) is 13.0 Å². The fourth-order valence-corrected chi connectivity index (χ4v) is 1.85. The van der Waals surface area contributed by atoms with Crippen molar-refractivity contribution in [1.29, 1.82) is 0 Å². The quantitative estimate of drug-likeness (QED) is 0.684. The summed E-state index contributed by atoms with van der Waals surface area (Å²) in [7, 11) is 0. The average Bonchev–Trinajstić information content (AvgIpc) is 2.61. The highest BCUT2D eigenvalue weighted by Crippen LogP contribution is 2.31. The molecule has 1 aliphatic rings. The fourth-order valence-electron chi connectivity index (χ4n) is 1.85. The number of hydrogen-bond donors (Lipinski definition) is 0. The first-order valence-corrected chi connectivity index (χ1v) is 5.64. The standard InChI is InChI=1S/C12H18O4/c1-4-15-11(13)9-6-8(3)10(7-9)12(14)16-5-2/h6,8,10H,4-5,7H2,1-3H3. The summed E-state index contributed by atoms with van der Waals surface area (Å²) < 4.78 is 9.86. The summed E-state index contributed by atoms with van der Waals surface area (Å²) in [5.41, 5.74) is 0.590. The Balaban J connectivity index is 2.59. The third kappa shape index (κ3) is 2.84. The van der Waals surface area contributed by atoms with Crippen LogP contribution >= 0.6 is 0 Å². The summed E-state index contributed by atoms with van der Waals surface area (Å²) in [6, 6.07) is 0. The van der Waals surface area contributed by atoms with Crippen LogP contribution in [0.1, 0.15) is 27.2 Å². The lowest BCUT2D eigenvalue weighted by atomic mass is 9.97. The van der Waals surface area contributed by atoms with E-state index in [-0.39, 0.29) is 23.8 Å². The summed E-state index contributed by atoms with van der Waals surface area (Å²) in [6.45, 7) is 6.18. The molecule has 0 fully saturated rings. The van der Waals surface area contributed by atoms with Gasteiger partial charge in [0, 0.05) is 5.57 Å². The third-order valence-electron chi connectivity index (χ3n) is 2.67. The summed E-state index contributed by atoms with van der Waals surface area (Å²) in [4.78, 5) is 23.0. The first kappa shape index (κ1) is 12.7. The number of hydrogen-bond acceptors (Lipinski definition) is 4. The van der Waals surface area contributed by atoms with Crippen molar-refractivity contribution in [2.24, 2.45) is 11.8 Å². The van der Waals surface area contributed by atoms with Gasteiger partial charge in [-0.2, -0.15) is 0 Å². The van der Waals surface area contributed by atoms with E-state index in [9.17, 15) is 9.59 Å². The van der Waals surface area contributed by atoms with Crippen molar-refractivity contribution in [1.82, 2.24) is 0 Å². The SMILES string of the molecule is CCOC(=O)C1=CC(C)C(C(=O)OCC)C1. The van der Waals surface area contributed by atoms with E-state index < -0.39 is 0 Å². The molecule has 0 aromatic rings. The Bertz CT molecular complexity index is 306. The highest BCUT2D eigenvalue weighted by atomic mass is 16.5. The second-order valence-corrected chi connectivity index (χ2v) is 3.83. The molecule has 4 heteroatoms. The lowest BCUT2D eigenvalue weighted by Gasteiger charge is -2.13. The van der Waals surface area contributed by atoms with Gasteiger partial charge in [0.25, 0.3) is 0 Å². The van der Waals surface area contributed by atoms with Crippen molar-refractivity contribution < 1.29 is 19.1 Å². The van der Waals surface area contributed by atoms with Gasteiger partial charge < -0.3 is 9.47 Å². The number of allylic oxidation sites excluding steroid dienone is 1. The molecule has 4 nitrogen and oxygen atoms in total.